The molecule has 0 saturated heterocycles. The Morgan fingerprint density at radius 2 is 2.25 bits per heavy atom. The molecule has 0 bridgehead atoms. The van der Waals surface area contributed by atoms with Gasteiger partial charge < -0.3 is 14.4 Å². The van der Waals surface area contributed by atoms with E-state index in [1.807, 2.05) is 18.4 Å². The number of nitrogens with zero attached hydrogens (tertiary/aromatic N) is 3. The first kappa shape index (κ1) is 13.0. The van der Waals surface area contributed by atoms with Crippen molar-refractivity contribution >= 4 is 17.7 Å². The highest BCUT2D eigenvalue weighted by Crippen LogP contribution is 2.21. The molecule has 0 spiro atoms. The van der Waals surface area contributed by atoms with Gasteiger partial charge in [-0.25, -0.2) is 0 Å². The fourth-order valence-corrected chi connectivity index (χ4v) is 2.08. The molecule has 16 heavy (non-hydrogen) atoms. The van der Waals surface area contributed by atoms with Crippen LogP contribution < -0.4 is 0 Å². The molecule has 0 aromatic carbocycles. The first-order valence-electron chi connectivity index (χ1n) is 4.83. The summed E-state index contributed by atoms with van der Waals surface area (Å²) in [7, 11) is 1.59. The maximum atomic E-state index is 10.5. The summed E-state index contributed by atoms with van der Waals surface area (Å²) in [4.78, 5) is 10.5. The molecule has 0 amide bonds. The normalized spacial score (nSPS) is 11.0. The van der Waals surface area contributed by atoms with Gasteiger partial charge in [-0.3, -0.25) is 4.79 Å². The topological polar surface area (TPSA) is 77.2 Å². The van der Waals surface area contributed by atoms with E-state index in [2.05, 4.69) is 10.2 Å². The van der Waals surface area contributed by atoms with Crippen LogP contribution in [0.5, 0.6) is 0 Å². The lowest BCUT2D eigenvalue weighted by Crippen LogP contribution is -2.09. The lowest BCUT2D eigenvalue weighted by atomic mass is 10.4. The predicted octanol–water partition coefficient (Wildman–Crippen LogP) is 1.18. The fraction of sp³-hybridized carbons (Fsp3) is 0.667. The van der Waals surface area contributed by atoms with E-state index in [1.165, 1.54) is 0 Å². The van der Waals surface area contributed by atoms with E-state index >= 15 is 0 Å². The van der Waals surface area contributed by atoms with Crippen molar-refractivity contribution in [3.63, 3.8) is 0 Å². The molecular weight excluding hydrogens is 230 g/mol. The zero-order chi connectivity index (χ0) is 12.1. The van der Waals surface area contributed by atoms with Crippen molar-refractivity contribution < 1.29 is 14.6 Å². The smallest absolute Gasteiger partial charge is 0.313 e. The van der Waals surface area contributed by atoms with Gasteiger partial charge in [-0.05, 0) is 13.8 Å². The van der Waals surface area contributed by atoms with E-state index in [1.54, 1.807) is 7.11 Å². The van der Waals surface area contributed by atoms with Gasteiger partial charge in [0, 0.05) is 13.2 Å². The molecule has 0 atom stereocenters. The molecule has 0 aliphatic carbocycles. The number of hydrogen-bond acceptors (Lipinski definition) is 5. The molecule has 6 nitrogen and oxygen atoms in total. The van der Waals surface area contributed by atoms with Crippen LogP contribution in [0.25, 0.3) is 0 Å². The van der Waals surface area contributed by atoms with Crippen molar-refractivity contribution in [2.75, 3.05) is 12.9 Å². The molecule has 0 saturated carbocycles. The number of aliphatic carboxylic acids is 1. The van der Waals surface area contributed by atoms with E-state index in [0.29, 0.717) is 17.6 Å². The minimum atomic E-state index is -0.864. The minimum absolute atomic E-state index is 0.0160. The highest BCUT2D eigenvalue weighted by molar-refractivity contribution is 7.99. The van der Waals surface area contributed by atoms with Gasteiger partial charge >= 0.3 is 5.97 Å². The van der Waals surface area contributed by atoms with Crippen molar-refractivity contribution in [2.45, 2.75) is 31.7 Å². The van der Waals surface area contributed by atoms with Crippen molar-refractivity contribution in [1.82, 2.24) is 14.8 Å². The molecule has 0 fully saturated rings. The summed E-state index contributed by atoms with van der Waals surface area (Å²) in [6.45, 7) is 4.36. The molecule has 1 aromatic heterocycles. The van der Waals surface area contributed by atoms with Crippen LogP contribution in [0.2, 0.25) is 0 Å². The van der Waals surface area contributed by atoms with Crippen LogP contribution in [0.4, 0.5) is 0 Å². The zero-order valence-electron chi connectivity index (χ0n) is 9.51. The Hall–Kier alpha value is -1.08. The largest absolute Gasteiger partial charge is 0.481 e. The number of thioether (sulfide) groups is 1. The Morgan fingerprint density at radius 1 is 1.56 bits per heavy atom. The van der Waals surface area contributed by atoms with Crippen molar-refractivity contribution in [2.24, 2.45) is 0 Å². The second-order valence-electron chi connectivity index (χ2n) is 3.48. The van der Waals surface area contributed by atoms with Gasteiger partial charge in [0.05, 0.1) is 5.75 Å². The third kappa shape index (κ3) is 3.21. The summed E-state index contributed by atoms with van der Waals surface area (Å²) >= 11 is 1.16. The number of methoxy groups -OCH3 is 1. The third-order valence-electron chi connectivity index (χ3n) is 1.85. The minimum Gasteiger partial charge on any atom is -0.481 e. The van der Waals surface area contributed by atoms with Crippen molar-refractivity contribution in [1.29, 1.82) is 0 Å². The third-order valence-corrected chi connectivity index (χ3v) is 2.78. The van der Waals surface area contributed by atoms with Gasteiger partial charge in [-0.15, -0.1) is 10.2 Å². The number of hydrogen-bond donors (Lipinski definition) is 1. The summed E-state index contributed by atoms with van der Waals surface area (Å²) in [6.07, 6.45) is 0. The molecular formula is C9H15N3O3S. The summed E-state index contributed by atoms with van der Waals surface area (Å²) in [6, 6.07) is 0.177. The van der Waals surface area contributed by atoms with Crippen LogP contribution in [0, 0.1) is 0 Å². The molecule has 0 unspecified atom stereocenters. The zero-order valence-corrected chi connectivity index (χ0v) is 10.3. The highest BCUT2D eigenvalue weighted by atomic mass is 32.2. The lowest BCUT2D eigenvalue weighted by Gasteiger charge is -2.12. The van der Waals surface area contributed by atoms with E-state index in [0.717, 1.165) is 11.8 Å². The predicted molar refractivity (Wildman–Crippen MR) is 59.5 cm³/mol. The summed E-state index contributed by atoms with van der Waals surface area (Å²) in [5, 5.41) is 17.2. The number of ether oxygens (including phenoxy) is 1. The Bertz CT molecular complexity index is 365. The van der Waals surface area contributed by atoms with Gasteiger partial charge in [0.1, 0.15) is 6.61 Å². The van der Waals surface area contributed by atoms with Crippen LogP contribution in [0.15, 0.2) is 5.16 Å². The van der Waals surface area contributed by atoms with Gasteiger partial charge in [-0.1, -0.05) is 11.8 Å². The number of carboxylic acid groups (broad SMARTS) is 1. The second kappa shape index (κ2) is 5.86. The Kier molecular flexibility index (Phi) is 4.75. The Morgan fingerprint density at radius 3 is 2.75 bits per heavy atom. The summed E-state index contributed by atoms with van der Waals surface area (Å²) in [5.41, 5.74) is 0. The quantitative estimate of drug-likeness (QED) is 0.758. The lowest BCUT2D eigenvalue weighted by molar-refractivity contribution is -0.133. The SMILES string of the molecule is COCc1nnc(SCC(=O)O)n1C(C)C. The fourth-order valence-electron chi connectivity index (χ4n) is 1.28. The van der Waals surface area contributed by atoms with E-state index < -0.39 is 5.97 Å². The molecule has 7 heteroatoms. The summed E-state index contributed by atoms with van der Waals surface area (Å²) < 4.78 is 6.89. The van der Waals surface area contributed by atoms with Gasteiger partial charge in [0.25, 0.3) is 0 Å². The monoisotopic (exact) mass is 245 g/mol. The first-order valence-corrected chi connectivity index (χ1v) is 5.82. The standard InChI is InChI=1S/C9H15N3O3S/c1-6(2)12-7(4-15-3)10-11-9(12)16-5-8(13)14/h6H,4-5H2,1-3H3,(H,13,14). The van der Waals surface area contributed by atoms with E-state index in [9.17, 15) is 4.79 Å². The van der Waals surface area contributed by atoms with Crippen LogP contribution >= 0.6 is 11.8 Å². The molecule has 0 radical (unpaired) electrons. The average molecular weight is 245 g/mol. The summed E-state index contributed by atoms with van der Waals surface area (Å²) in [5.74, 6) is -0.167. The van der Waals surface area contributed by atoms with Crippen LogP contribution in [-0.4, -0.2) is 38.7 Å². The number of carboxylic acids is 1. The molecule has 1 aromatic rings. The number of aromatic nitrogens is 3. The van der Waals surface area contributed by atoms with E-state index in [-0.39, 0.29) is 11.8 Å². The maximum Gasteiger partial charge on any atom is 0.313 e. The highest BCUT2D eigenvalue weighted by Gasteiger charge is 2.15. The molecule has 1 rings (SSSR count). The second-order valence-corrected chi connectivity index (χ2v) is 4.42. The number of carbonyl (C=O) groups is 1. The Labute approximate surface area is 98.0 Å². The van der Waals surface area contributed by atoms with Gasteiger partial charge in [-0.2, -0.15) is 0 Å². The molecule has 1 N–H and O–H groups in total. The van der Waals surface area contributed by atoms with Crippen molar-refractivity contribution in [3.05, 3.63) is 5.82 Å². The van der Waals surface area contributed by atoms with Crippen LogP contribution in [-0.2, 0) is 16.1 Å². The molecule has 1 heterocycles. The van der Waals surface area contributed by atoms with Gasteiger partial charge in [0.15, 0.2) is 11.0 Å². The van der Waals surface area contributed by atoms with Crippen LogP contribution in [0.1, 0.15) is 25.7 Å². The molecule has 0 aliphatic rings. The number of rotatable bonds is 6. The van der Waals surface area contributed by atoms with Gasteiger partial charge in [0.2, 0.25) is 0 Å². The molecule has 90 valence electrons. The molecule has 0 aliphatic heterocycles. The first-order chi connectivity index (χ1) is 7.56. The average Bonchev–Trinajstić information content (AvgIpc) is 2.58. The maximum absolute atomic E-state index is 10.5. The van der Waals surface area contributed by atoms with Crippen LogP contribution in [0.3, 0.4) is 0 Å². The van der Waals surface area contributed by atoms with Crippen molar-refractivity contribution in [3.8, 4) is 0 Å². The van der Waals surface area contributed by atoms with E-state index in [4.69, 9.17) is 9.84 Å². The Balaban J connectivity index is 2.86.